The van der Waals surface area contributed by atoms with Crippen LogP contribution in [-0.2, 0) is 0 Å². The number of ether oxygens (including phenoxy) is 4. The molecule has 0 saturated carbocycles. The maximum atomic E-state index is 11.8. The Hall–Kier alpha value is -3.04. The maximum Gasteiger partial charge on any atom is 0.175 e. The topological polar surface area (TPSA) is 71.1 Å². The molecule has 4 rings (SSSR count). The van der Waals surface area contributed by atoms with E-state index in [4.69, 9.17) is 42.1 Å². The molecule has 10 heteroatoms. The van der Waals surface area contributed by atoms with E-state index < -0.39 is 0 Å². The Bertz CT molecular complexity index is 1380. The summed E-state index contributed by atoms with van der Waals surface area (Å²) in [6, 6.07) is 21.4. The first-order chi connectivity index (χ1) is 20.1. The molecule has 0 aliphatic rings. The van der Waals surface area contributed by atoms with Gasteiger partial charge in [-0.3, -0.25) is 9.59 Å². The fraction of sp³-hybridized carbons (Fsp3) is 0.188. The lowest BCUT2D eigenvalue weighted by Crippen LogP contribution is -2.04. The fourth-order valence-electron chi connectivity index (χ4n) is 3.94. The Morgan fingerprint density at radius 3 is 1.14 bits per heavy atom. The van der Waals surface area contributed by atoms with Crippen LogP contribution in [0.2, 0.25) is 10.0 Å². The first-order valence-corrected chi connectivity index (χ1v) is 15.5. The summed E-state index contributed by atoms with van der Waals surface area (Å²) in [5.74, 6) is 3.95. The largest absolute Gasteiger partial charge is 0.497 e. The van der Waals surface area contributed by atoms with E-state index in [0.29, 0.717) is 44.2 Å². The monoisotopic (exact) mass is 736 g/mol. The zero-order chi connectivity index (χ0) is 30.8. The third kappa shape index (κ3) is 8.98. The lowest BCUT2D eigenvalue weighted by Gasteiger charge is -2.11. The van der Waals surface area contributed by atoms with Crippen LogP contribution in [0.5, 0.6) is 34.5 Å². The summed E-state index contributed by atoms with van der Waals surface area (Å²) in [5.41, 5.74) is 2.62. The quantitative estimate of drug-likeness (QED) is 0.119. The molecule has 0 bridgehead atoms. The van der Waals surface area contributed by atoms with Crippen LogP contribution in [0.15, 0.2) is 72.8 Å². The average molecular weight is 739 g/mol. The lowest BCUT2D eigenvalue weighted by atomic mass is 10.1. The van der Waals surface area contributed by atoms with E-state index >= 15 is 0 Å². The lowest BCUT2D eigenvalue weighted by molar-refractivity contribution is 0.101. The van der Waals surface area contributed by atoms with Crippen molar-refractivity contribution in [3.05, 3.63) is 105 Å². The van der Waals surface area contributed by atoms with E-state index in [1.165, 1.54) is 0 Å². The molecular weight excluding hydrogens is 711 g/mol. The Morgan fingerprint density at radius 1 is 0.571 bits per heavy atom. The first-order valence-electron chi connectivity index (χ1n) is 12.5. The van der Waals surface area contributed by atoms with Gasteiger partial charge in [-0.05, 0) is 85.6 Å². The number of benzene rings is 4. The smallest absolute Gasteiger partial charge is 0.175 e. The van der Waals surface area contributed by atoms with Crippen LogP contribution in [-0.4, -0.2) is 36.4 Å². The molecular formula is C32H28Br2Cl2O6. The normalized spacial score (nSPS) is 10.3. The minimum atomic E-state index is -0.0477. The molecule has 0 atom stereocenters. The second kappa shape index (κ2) is 16.0. The Balaban J connectivity index is 0.000000230. The zero-order valence-electron chi connectivity index (χ0n) is 23.3. The number of carbonyl (C=O) groups excluding carboxylic acids is 2. The van der Waals surface area contributed by atoms with Crippen LogP contribution in [0.4, 0.5) is 0 Å². The molecule has 0 aliphatic carbocycles. The Kier molecular flexibility index (Phi) is 12.7. The molecule has 42 heavy (non-hydrogen) atoms. The molecule has 0 unspecified atom stereocenters. The van der Waals surface area contributed by atoms with Crippen molar-refractivity contribution < 1.29 is 28.5 Å². The molecule has 0 spiro atoms. The molecule has 220 valence electrons. The van der Waals surface area contributed by atoms with Crippen molar-refractivity contribution in [2.75, 3.05) is 24.9 Å². The van der Waals surface area contributed by atoms with Crippen LogP contribution >= 0.6 is 55.1 Å². The van der Waals surface area contributed by atoms with Crippen molar-refractivity contribution in [1.82, 2.24) is 0 Å². The van der Waals surface area contributed by atoms with Crippen molar-refractivity contribution in [1.29, 1.82) is 0 Å². The SMILES string of the molecule is COc1ccc(Oc2cc(C)c(C(=O)CBr)c(Cl)c2)cc1.COc1ccc(Oc2cc(C)c(C(=O)CBr)c(Cl)c2)cc1. The summed E-state index contributed by atoms with van der Waals surface area (Å²) in [5, 5.41) is 1.27. The summed E-state index contributed by atoms with van der Waals surface area (Å²) in [6.07, 6.45) is 0. The van der Waals surface area contributed by atoms with E-state index in [2.05, 4.69) is 31.9 Å². The Morgan fingerprint density at radius 2 is 0.881 bits per heavy atom. The van der Waals surface area contributed by atoms with Gasteiger partial charge in [0.2, 0.25) is 0 Å². The van der Waals surface area contributed by atoms with Crippen LogP contribution in [0.1, 0.15) is 31.8 Å². The molecule has 0 N–H and O–H groups in total. The van der Waals surface area contributed by atoms with Gasteiger partial charge in [0.25, 0.3) is 0 Å². The van der Waals surface area contributed by atoms with Gasteiger partial charge in [-0.15, -0.1) is 0 Å². The maximum absolute atomic E-state index is 11.8. The molecule has 0 heterocycles. The summed E-state index contributed by atoms with van der Waals surface area (Å²) in [4.78, 5) is 23.6. The van der Waals surface area contributed by atoms with E-state index in [0.717, 1.165) is 22.6 Å². The second-order valence-electron chi connectivity index (χ2n) is 8.86. The molecule has 0 aliphatic heterocycles. The number of ketones is 2. The highest BCUT2D eigenvalue weighted by atomic mass is 79.9. The highest BCUT2D eigenvalue weighted by molar-refractivity contribution is 9.09. The minimum Gasteiger partial charge on any atom is -0.497 e. The van der Waals surface area contributed by atoms with Gasteiger partial charge in [0.1, 0.15) is 34.5 Å². The molecule has 0 saturated heterocycles. The second-order valence-corrected chi connectivity index (χ2v) is 10.8. The van der Waals surface area contributed by atoms with Crippen molar-refractivity contribution in [2.45, 2.75) is 13.8 Å². The van der Waals surface area contributed by atoms with Crippen LogP contribution in [0, 0.1) is 13.8 Å². The van der Waals surface area contributed by atoms with Gasteiger partial charge in [-0.1, -0.05) is 55.1 Å². The van der Waals surface area contributed by atoms with Gasteiger partial charge >= 0.3 is 0 Å². The number of alkyl halides is 2. The molecule has 0 aromatic heterocycles. The van der Waals surface area contributed by atoms with Crippen LogP contribution < -0.4 is 18.9 Å². The number of rotatable bonds is 10. The van der Waals surface area contributed by atoms with E-state index in [-0.39, 0.29) is 22.2 Å². The number of aryl methyl sites for hydroxylation is 2. The fourth-order valence-corrected chi connectivity index (χ4v) is 5.23. The summed E-state index contributed by atoms with van der Waals surface area (Å²) in [6.45, 7) is 3.67. The molecule has 0 fully saturated rings. The number of methoxy groups -OCH3 is 2. The third-order valence-electron chi connectivity index (χ3n) is 5.91. The van der Waals surface area contributed by atoms with Gasteiger partial charge in [-0.2, -0.15) is 0 Å². The molecule has 6 nitrogen and oxygen atoms in total. The summed E-state index contributed by atoms with van der Waals surface area (Å²) < 4.78 is 21.7. The van der Waals surface area contributed by atoms with Crippen molar-refractivity contribution in [3.63, 3.8) is 0 Å². The molecule has 4 aromatic rings. The highest BCUT2D eigenvalue weighted by Crippen LogP contribution is 2.32. The number of carbonyl (C=O) groups is 2. The minimum absolute atomic E-state index is 0.0477. The van der Waals surface area contributed by atoms with Gasteiger partial charge in [0, 0.05) is 23.3 Å². The van der Waals surface area contributed by atoms with Crippen molar-refractivity contribution in [2.24, 2.45) is 0 Å². The van der Waals surface area contributed by atoms with Crippen molar-refractivity contribution in [3.8, 4) is 34.5 Å². The Labute approximate surface area is 272 Å². The average Bonchev–Trinajstić information content (AvgIpc) is 2.97. The molecule has 4 aromatic carbocycles. The zero-order valence-corrected chi connectivity index (χ0v) is 28.0. The summed E-state index contributed by atoms with van der Waals surface area (Å²) in [7, 11) is 3.22. The molecule has 0 radical (unpaired) electrons. The number of halogens is 4. The van der Waals surface area contributed by atoms with Crippen LogP contribution in [0.25, 0.3) is 0 Å². The van der Waals surface area contributed by atoms with Gasteiger partial charge in [-0.25, -0.2) is 0 Å². The van der Waals surface area contributed by atoms with E-state index in [1.807, 2.05) is 38.1 Å². The molecule has 0 amide bonds. The van der Waals surface area contributed by atoms with E-state index in [1.54, 1.807) is 62.8 Å². The van der Waals surface area contributed by atoms with Gasteiger partial charge < -0.3 is 18.9 Å². The van der Waals surface area contributed by atoms with Gasteiger partial charge in [0.05, 0.1) is 34.9 Å². The predicted molar refractivity (Wildman–Crippen MR) is 175 cm³/mol. The predicted octanol–water partition coefficient (Wildman–Crippen LogP) is 10.1. The highest BCUT2D eigenvalue weighted by Gasteiger charge is 2.15. The summed E-state index contributed by atoms with van der Waals surface area (Å²) >= 11 is 18.7. The van der Waals surface area contributed by atoms with Crippen LogP contribution in [0.3, 0.4) is 0 Å². The number of hydrogen-bond acceptors (Lipinski definition) is 6. The van der Waals surface area contributed by atoms with E-state index in [9.17, 15) is 9.59 Å². The number of Topliss-reactive ketones (excluding diaryl/α,β-unsaturated/α-hetero) is 2. The van der Waals surface area contributed by atoms with Crippen molar-refractivity contribution >= 4 is 66.6 Å². The first kappa shape index (κ1) is 33.5. The van der Waals surface area contributed by atoms with Gasteiger partial charge in [0.15, 0.2) is 11.6 Å². The number of hydrogen-bond donors (Lipinski definition) is 0. The third-order valence-corrected chi connectivity index (χ3v) is 7.53. The standard InChI is InChI=1S/2C16H14BrClO3/c2*1-10-7-13(8-14(18)16(10)15(19)9-17)21-12-5-3-11(20-2)4-6-12/h2*3-8H,9H2,1-2H3.